The molecule has 2 bridgehead atoms. The molecule has 1 saturated heterocycles. The Bertz CT molecular complexity index is 479. The van der Waals surface area contributed by atoms with E-state index in [-0.39, 0.29) is 11.9 Å². The molecule has 1 aromatic rings. The van der Waals surface area contributed by atoms with Gasteiger partial charge in [0.25, 0.3) is 0 Å². The molecule has 3 aliphatic rings. The van der Waals surface area contributed by atoms with Crippen LogP contribution < -0.4 is 0 Å². The highest BCUT2D eigenvalue weighted by molar-refractivity contribution is 5.89. The number of hydrogen-bond acceptors (Lipinski definition) is 2. The number of ether oxygens (including phenoxy) is 1. The summed E-state index contributed by atoms with van der Waals surface area (Å²) in [7, 11) is 0. The van der Waals surface area contributed by atoms with E-state index in [0.717, 1.165) is 5.56 Å². The lowest BCUT2D eigenvalue weighted by molar-refractivity contribution is -0.143. The number of ketones is 1. The number of fused-ring (bicyclic) bond motifs is 8. The lowest BCUT2D eigenvalue weighted by Gasteiger charge is -2.24. The highest BCUT2D eigenvalue weighted by Gasteiger charge is 2.71. The zero-order chi connectivity index (χ0) is 10.2. The van der Waals surface area contributed by atoms with Gasteiger partial charge in [-0.1, -0.05) is 24.3 Å². The van der Waals surface area contributed by atoms with E-state index in [1.165, 1.54) is 12.0 Å². The first-order chi connectivity index (χ1) is 7.25. The van der Waals surface area contributed by atoms with Gasteiger partial charge in [0.05, 0.1) is 6.10 Å². The first-order valence-electron chi connectivity index (χ1n) is 5.53. The number of carbonyl (C=O) groups excluding carboxylic acids is 1. The number of benzene rings is 1. The second kappa shape index (κ2) is 2.17. The van der Waals surface area contributed by atoms with Crippen LogP contribution >= 0.6 is 0 Å². The summed E-state index contributed by atoms with van der Waals surface area (Å²) in [6, 6.07) is 8.21. The number of Topliss-reactive ketones (excluding diaryl/α,β-unsaturated/α-hetero) is 1. The van der Waals surface area contributed by atoms with Crippen molar-refractivity contribution >= 4 is 5.78 Å². The molecule has 15 heavy (non-hydrogen) atoms. The van der Waals surface area contributed by atoms with Gasteiger partial charge < -0.3 is 4.74 Å². The Kier molecular flexibility index (Phi) is 1.16. The third-order valence-corrected chi connectivity index (χ3v) is 4.25. The van der Waals surface area contributed by atoms with Gasteiger partial charge in [0.2, 0.25) is 0 Å². The largest absolute Gasteiger partial charge is 0.354 e. The van der Waals surface area contributed by atoms with Crippen molar-refractivity contribution in [3.63, 3.8) is 0 Å². The minimum absolute atomic E-state index is 0.183. The normalized spacial score (nSPS) is 43.7. The summed E-state index contributed by atoms with van der Waals surface area (Å²) in [5.41, 5.74) is 1.83. The van der Waals surface area contributed by atoms with Crippen LogP contribution in [0.5, 0.6) is 0 Å². The van der Waals surface area contributed by atoms with E-state index in [2.05, 4.69) is 12.1 Å². The summed E-state index contributed by atoms with van der Waals surface area (Å²) in [5, 5.41) is 0. The molecular formula is C13H12O2. The minimum atomic E-state index is -0.564. The molecule has 2 heterocycles. The Hall–Kier alpha value is -1.15. The van der Waals surface area contributed by atoms with Crippen LogP contribution in [-0.4, -0.2) is 5.78 Å². The standard InChI is InChI=1S/C13H12O2/c1-7(14)13-10-5-3-2-4-8(10)12(15-13)9-6-11(9)13/h2-5,9,11-12H,6H2,1H3/t9-,11+,12+,13-/m0/s1. The van der Waals surface area contributed by atoms with E-state index >= 15 is 0 Å². The fourth-order valence-corrected chi connectivity index (χ4v) is 3.57. The number of hydrogen-bond donors (Lipinski definition) is 0. The van der Waals surface area contributed by atoms with Crippen LogP contribution in [0, 0.1) is 11.8 Å². The van der Waals surface area contributed by atoms with Gasteiger partial charge in [-0.2, -0.15) is 0 Å². The maximum absolute atomic E-state index is 11.9. The van der Waals surface area contributed by atoms with Crippen LogP contribution in [0.2, 0.25) is 0 Å². The van der Waals surface area contributed by atoms with Gasteiger partial charge in [0.1, 0.15) is 0 Å². The molecule has 0 unspecified atom stereocenters. The third kappa shape index (κ3) is 0.689. The van der Waals surface area contributed by atoms with Crippen LogP contribution in [-0.2, 0) is 15.1 Å². The van der Waals surface area contributed by atoms with Crippen molar-refractivity contribution in [3.8, 4) is 0 Å². The molecule has 0 amide bonds. The monoisotopic (exact) mass is 200 g/mol. The van der Waals surface area contributed by atoms with Crippen LogP contribution in [0.3, 0.4) is 0 Å². The maximum atomic E-state index is 11.9. The molecule has 2 aliphatic heterocycles. The minimum Gasteiger partial charge on any atom is -0.354 e. The van der Waals surface area contributed by atoms with Crippen molar-refractivity contribution < 1.29 is 9.53 Å². The van der Waals surface area contributed by atoms with E-state index < -0.39 is 5.60 Å². The van der Waals surface area contributed by atoms with Gasteiger partial charge in [-0.3, -0.25) is 4.79 Å². The Morgan fingerprint density at radius 3 is 3.07 bits per heavy atom. The Labute approximate surface area is 88.2 Å². The molecule has 2 heteroatoms. The van der Waals surface area contributed by atoms with Crippen molar-refractivity contribution in [2.45, 2.75) is 25.0 Å². The summed E-state index contributed by atoms with van der Waals surface area (Å²) in [5.74, 6) is 1.26. The molecule has 4 rings (SSSR count). The molecule has 2 fully saturated rings. The van der Waals surface area contributed by atoms with E-state index in [9.17, 15) is 4.79 Å². The molecule has 1 aromatic carbocycles. The molecule has 1 aliphatic carbocycles. The average Bonchev–Trinajstić information content (AvgIpc) is 2.89. The van der Waals surface area contributed by atoms with Gasteiger partial charge in [-0.05, 0) is 30.4 Å². The average molecular weight is 200 g/mol. The molecule has 0 spiro atoms. The van der Waals surface area contributed by atoms with Crippen molar-refractivity contribution in [3.05, 3.63) is 35.4 Å². The fraction of sp³-hybridized carbons (Fsp3) is 0.462. The number of rotatable bonds is 1. The van der Waals surface area contributed by atoms with Crippen LogP contribution in [0.25, 0.3) is 0 Å². The van der Waals surface area contributed by atoms with E-state index in [4.69, 9.17) is 4.74 Å². The summed E-state index contributed by atoms with van der Waals surface area (Å²) >= 11 is 0. The quantitative estimate of drug-likeness (QED) is 0.694. The molecule has 0 radical (unpaired) electrons. The second-order valence-electron chi connectivity index (χ2n) is 4.92. The second-order valence-corrected chi connectivity index (χ2v) is 4.92. The predicted molar refractivity (Wildman–Crippen MR) is 54.2 cm³/mol. The van der Waals surface area contributed by atoms with E-state index in [1.807, 2.05) is 12.1 Å². The summed E-state index contributed by atoms with van der Waals surface area (Å²) in [4.78, 5) is 11.9. The molecule has 2 nitrogen and oxygen atoms in total. The lowest BCUT2D eigenvalue weighted by atomic mass is 9.80. The molecule has 1 saturated carbocycles. The molecular weight excluding hydrogens is 188 g/mol. The van der Waals surface area contributed by atoms with Crippen molar-refractivity contribution in [1.82, 2.24) is 0 Å². The molecule has 0 aromatic heterocycles. The Morgan fingerprint density at radius 2 is 2.27 bits per heavy atom. The Morgan fingerprint density at radius 1 is 1.47 bits per heavy atom. The van der Waals surface area contributed by atoms with Crippen molar-refractivity contribution in [2.24, 2.45) is 11.8 Å². The zero-order valence-corrected chi connectivity index (χ0v) is 8.57. The van der Waals surface area contributed by atoms with Crippen molar-refractivity contribution in [1.29, 1.82) is 0 Å². The van der Waals surface area contributed by atoms with Crippen LogP contribution in [0.1, 0.15) is 30.6 Å². The molecule has 0 N–H and O–H groups in total. The maximum Gasteiger partial charge on any atom is 0.166 e. The van der Waals surface area contributed by atoms with Gasteiger partial charge in [0, 0.05) is 5.92 Å². The fourth-order valence-electron chi connectivity index (χ4n) is 3.57. The first kappa shape index (κ1) is 8.05. The smallest absolute Gasteiger partial charge is 0.166 e. The van der Waals surface area contributed by atoms with Crippen LogP contribution in [0.15, 0.2) is 24.3 Å². The van der Waals surface area contributed by atoms with Crippen LogP contribution in [0.4, 0.5) is 0 Å². The van der Waals surface area contributed by atoms with E-state index in [0.29, 0.717) is 11.8 Å². The molecule has 76 valence electrons. The van der Waals surface area contributed by atoms with E-state index in [1.54, 1.807) is 6.92 Å². The van der Waals surface area contributed by atoms with Gasteiger partial charge in [-0.15, -0.1) is 0 Å². The Balaban J connectivity index is 2.03. The van der Waals surface area contributed by atoms with Crippen molar-refractivity contribution in [2.75, 3.05) is 0 Å². The van der Waals surface area contributed by atoms with Gasteiger partial charge >= 0.3 is 0 Å². The molecule has 4 atom stereocenters. The van der Waals surface area contributed by atoms with Gasteiger partial charge in [-0.25, -0.2) is 0 Å². The number of carbonyl (C=O) groups is 1. The van der Waals surface area contributed by atoms with Gasteiger partial charge in [0.15, 0.2) is 11.4 Å². The topological polar surface area (TPSA) is 26.3 Å². The zero-order valence-electron chi connectivity index (χ0n) is 8.57. The SMILES string of the molecule is CC(=O)[C@]12O[C@H](c3ccccc31)[C@H]1C[C@H]12. The predicted octanol–water partition coefficient (Wildman–Crippen LogP) is 2.19. The summed E-state index contributed by atoms with van der Waals surface area (Å²) < 4.78 is 6.00. The summed E-state index contributed by atoms with van der Waals surface area (Å²) in [6.07, 6.45) is 1.37. The first-order valence-corrected chi connectivity index (χ1v) is 5.53. The highest BCUT2D eigenvalue weighted by Crippen LogP contribution is 2.72. The third-order valence-electron chi connectivity index (χ3n) is 4.25. The highest BCUT2D eigenvalue weighted by atomic mass is 16.5. The summed E-state index contributed by atoms with van der Waals surface area (Å²) in [6.45, 7) is 1.67. The lowest BCUT2D eigenvalue weighted by Crippen LogP contribution is -2.34.